The third kappa shape index (κ3) is 12.1. The smallest absolute Gasteiger partial charge is 0.497 e. The van der Waals surface area contributed by atoms with Gasteiger partial charge in [0, 0.05) is 17.3 Å². The van der Waals surface area contributed by atoms with Crippen LogP contribution in [0.3, 0.4) is 0 Å². The molecule has 2 atom stereocenters. The van der Waals surface area contributed by atoms with Gasteiger partial charge in [-0.2, -0.15) is 9.36 Å². The molecule has 0 bridgehead atoms. The Balaban J connectivity index is 0.935. The molecule has 2 amide bonds. The second-order valence-corrected chi connectivity index (χ2v) is 19.9. The fraction of sp³-hybridized carbons (Fsp3) is 0.164. The Bertz CT molecular complexity index is 3070. The van der Waals surface area contributed by atoms with Gasteiger partial charge in [-0.25, -0.2) is 13.8 Å². The Hall–Kier alpha value is -8.09. The second-order valence-electron chi connectivity index (χ2n) is 16.5. The first-order chi connectivity index (χ1) is 36.7. The number of phosphoric acid groups is 1. The molecule has 2 aliphatic heterocycles. The largest absolute Gasteiger partial charge is 0.587 e. The molecule has 2 N–H and O–H groups in total. The molecule has 0 aliphatic carbocycles. The number of rotatable bonds is 23. The zero-order chi connectivity index (χ0) is 52.0. The summed E-state index contributed by atoms with van der Waals surface area (Å²) in [7, 11) is -2.66. The number of nitrogens with one attached hydrogen (secondary N) is 2. The van der Waals surface area contributed by atoms with Crippen LogP contribution in [0.4, 0.5) is 9.52 Å². The topological polar surface area (TPSA) is 189 Å². The minimum Gasteiger partial charge on any atom is -0.497 e. The lowest BCUT2D eigenvalue weighted by molar-refractivity contribution is -0.153. The van der Waals surface area contributed by atoms with E-state index in [1.165, 1.54) is 16.7 Å². The lowest BCUT2D eigenvalue weighted by atomic mass is 9.77. The van der Waals surface area contributed by atoms with E-state index < -0.39 is 55.1 Å². The number of hydrogen-bond acceptors (Lipinski definition) is 16. The lowest BCUT2D eigenvalue weighted by Crippen LogP contribution is -2.71. The average molecular weight is 1070 g/mol. The second kappa shape index (κ2) is 24.3. The van der Waals surface area contributed by atoms with Crippen LogP contribution in [0.25, 0.3) is 0 Å². The van der Waals surface area contributed by atoms with Crippen molar-refractivity contribution in [3.63, 3.8) is 0 Å². The molecule has 16 nitrogen and oxygen atoms in total. The van der Waals surface area contributed by atoms with E-state index in [4.69, 9.17) is 27.9 Å². The number of anilines is 1. The maximum absolute atomic E-state index is 14.2. The van der Waals surface area contributed by atoms with Crippen LogP contribution in [-0.4, -0.2) is 75.5 Å². The molecule has 20 heteroatoms. The number of para-hydroxylation sites is 2. The fourth-order valence-electron chi connectivity index (χ4n) is 8.28. The van der Waals surface area contributed by atoms with E-state index in [1.807, 2.05) is 91.0 Å². The quantitative estimate of drug-likeness (QED) is 0.0117. The van der Waals surface area contributed by atoms with E-state index in [9.17, 15) is 23.3 Å². The van der Waals surface area contributed by atoms with Crippen LogP contribution in [0, 0.1) is 0 Å². The summed E-state index contributed by atoms with van der Waals surface area (Å²) in [5, 5.41) is 9.62. The van der Waals surface area contributed by atoms with Crippen molar-refractivity contribution in [1.82, 2.24) is 19.6 Å². The molecule has 0 unspecified atom stereocenters. The number of hydrogen-bond donors (Lipinski definition) is 2. The van der Waals surface area contributed by atoms with Crippen LogP contribution in [0.15, 0.2) is 205 Å². The van der Waals surface area contributed by atoms with Crippen LogP contribution < -0.4 is 24.4 Å². The van der Waals surface area contributed by atoms with Crippen LogP contribution >= 0.6 is 31.1 Å². The Kier molecular flexibility index (Phi) is 16.8. The summed E-state index contributed by atoms with van der Waals surface area (Å²) in [6.45, 7) is -1.68. The molecule has 0 radical (unpaired) electrons. The van der Waals surface area contributed by atoms with E-state index in [-0.39, 0.29) is 48.4 Å². The molecule has 2 aliphatic rings. The highest BCUT2D eigenvalue weighted by Gasteiger charge is 2.55. The van der Waals surface area contributed by atoms with Crippen molar-refractivity contribution < 1.29 is 51.2 Å². The van der Waals surface area contributed by atoms with Gasteiger partial charge in [-0.15, -0.1) is 11.8 Å². The molecule has 0 spiro atoms. The van der Waals surface area contributed by atoms with E-state index in [0.717, 1.165) is 28.2 Å². The van der Waals surface area contributed by atoms with E-state index in [2.05, 4.69) is 25.1 Å². The van der Waals surface area contributed by atoms with Gasteiger partial charge < -0.3 is 34.0 Å². The molecule has 1 fully saturated rings. The fourth-order valence-corrected chi connectivity index (χ4v) is 11.4. The number of allylic oxidation sites excluding steroid dienone is 1. The van der Waals surface area contributed by atoms with Crippen LogP contribution in [0.2, 0.25) is 0 Å². The zero-order valence-electron chi connectivity index (χ0n) is 40.1. The molecule has 7 aromatic rings. The molecular weight excluding hydrogens is 1020 g/mol. The predicted octanol–water partition coefficient (Wildman–Crippen LogP) is 10.2. The van der Waals surface area contributed by atoms with Crippen molar-refractivity contribution >= 4 is 59.7 Å². The van der Waals surface area contributed by atoms with Gasteiger partial charge in [0.25, 0.3) is 18.7 Å². The highest BCUT2D eigenvalue weighted by atomic mass is 32.2. The average Bonchev–Trinajstić information content (AvgIpc) is 3.92. The number of nitrogens with zero attached hydrogens (tertiary/aromatic N) is 4. The standard InChI is InChI=1S/C55H48FN6O10PS2/c1-67-43-32-30-38(31-33-43)35-68-53(65)48-39(19-17-18-34-70-73(66,71-44-26-13-5-14-27-44)72-45-28-15-6-16-29-45)36-74-52-47(51(64)62(48)52)57-50(63)46(60-69-37-56)49-58-54(75-61-49)59-55(40-20-7-2-8-21-40,41-22-9-3-10-23-41)42-24-11-4-12-25-42/h2-18,20-33,47,52H,19,34-37H2,1H3,(H,57,63)(H,58,59,61)/b18-17+,60-46-/t47-,52-/m1/s1. The van der Waals surface area contributed by atoms with Gasteiger partial charge >= 0.3 is 13.8 Å². The third-order valence-electron chi connectivity index (χ3n) is 11.8. The number of amides is 2. The first-order valence-corrected chi connectivity index (χ1v) is 26.7. The van der Waals surface area contributed by atoms with Gasteiger partial charge in [-0.05, 0) is 70.6 Å². The van der Waals surface area contributed by atoms with Crippen molar-refractivity contribution in [2.45, 2.75) is 30.0 Å². The molecule has 3 heterocycles. The number of methoxy groups -OCH3 is 1. The maximum atomic E-state index is 14.2. The molecule has 1 aromatic heterocycles. The molecule has 75 heavy (non-hydrogen) atoms. The Morgan fingerprint density at radius 2 is 1.35 bits per heavy atom. The molecule has 382 valence electrons. The molecule has 9 rings (SSSR count). The van der Waals surface area contributed by atoms with E-state index in [0.29, 0.717) is 22.0 Å². The van der Waals surface area contributed by atoms with Crippen LogP contribution in [0.1, 0.15) is 34.5 Å². The predicted molar refractivity (Wildman–Crippen MR) is 283 cm³/mol. The number of fused-ring (bicyclic) bond motifs is 1. The van der Waals surface area contributed by atoms with Gasteiger partial charge in [0.2, 0.25) is 16.7 Å². The number of oxime groups is 1. The molecule has 6 aromatic carbocycles. The summed E-state index contributed by atoms with van der Waals surface area (Å²) in [6.07, 6.45) is 3.45. The van der Waals surface area contributed by atoms with Crippen molar-refractivity contribution in [1.29, 1.82) is 0 Å². The summed E-state index contributed by atoms with van der Waals surface area (Å²) in [5.41, 5.74) is 2.42. The number of ether oxygens (including phenoxy) is 2. The SMILES string of the molecule is COc1ccc(COC(=O)C2=C(C/C=C/COP(=O)(Oc3ccccc3)Oc3ccccc3)CS[C@@H]3[C@H](NC(=O)/C(=N\OCF)c4nsc(NC(c5ccccc5)(c5ccccc5)c5ccccc5)n4)C(=O)N23)cc1. The number of alkyl halides is 1. The van der Waals surface area contributed by atoms with Crippen LogP contribution in [0.5, 0.6) is 17.2 Å². The highest BCUT2D eigenvalue weighted by molar-refractivity contribution is 8.00. The minimum absolute atomic E-state index is 0.00379. The van der Waals surface area contributed by atoms with Crippen LogP contribution in [-0.2, 0) is 45.2 Å². The maximum Gasteiger partial charge on any atom is 0.587 e. The number of benzene rings is 6. The Morgan fingerprint density at radius 1 is 0.787 bits per heavy atom. The van der Waals surface area contributed by atoms with Crippen molar-refractivity contribution in [2.75, 3.05) is 31.6 Å². The Morgan fingerprint density at radius 3 is 1.89 bits per heavy atom. The number of thioether (sulfide) groups is 1. The first-order valence-electron chi connectivity index (χ1n) is 23.4. The number of esters is 1. The molecular formula is C55H48FN6O10PS2. The van der Waals surface area contributed by atoms with Crippen molar-refractivity contribution in [2.24, 2.45) is 5.16 Å². The molecule has 0 saturated carbocycles. The number of carbonyl (C=O) groups excluding carboxylic acids is 3. The summed E-state index contributed by atoms with van der Waals surface area (Å²) in [6, 6.07) is 52.1. The van der Waals surface area contributed by atoms with Gasteiger partial charge in [0.15, 0.2) is 0 Å². The van der Waals surface area contributed by atoms with Crippen molar-refractivity contribution in [3.05, 3.63) is 227 Å². The summed E-state index contributed by atoms with van der Waals surface area (Å²) in [4.78, 5) is 53.3. The molecule has 1 saturated heterocycles. The number of aromatic nitrogens is 2. The third-order valence-corrected chi connectivity index (χ3v) is 15.1. The summed E-state index contributed by atoms with van der Waals surface area (Å²) in [5.74, 6) is -1.08. The Labute approximate surface area is 440 Å². The number of phosphoric ester groups is 1. The van der Waals surface area contributed by atoms with Crippen molar-refractivity contribution in [3.8, 4) is 17.2 Å². The first kappa shape index (κ1) is 51.8. The van der Waals surface area contributed by atoms with Gasteiger partial charge in [-0.1, -0.05) is 157 Å². The van der Waals surface area contributed by atoms with Gasteiger partial charge in [-0.3, -0.25) is 19.0 Å². The summed E-state index contributed by atoms with van der Waals surface area (Å²) < 4.78 is 60.1. The van der Waals surface area contributed by atoms with Gasteiger partial charge in [0.05, 0.1) is 13.7 Å². The zero-order valence-corrected chi connectivity index (χ0v) is 42.6. The summed E-state index contributed by atoms with van der Waals surface area (Å²) >= 11 is 2.26. The van der Waals surface area contributed by atoms with E-state index in [1.54, 1.807) is 104 Å². The number of carbonyl (C=O) groups is 3. The van der Waals surface area contributed by atoms with Gasteiger partial charge in [0.1, 0.15) is 46.5 Å². The van der Waals surface area contributed by atoms with E-state index >= 15 is 0 Å². The monoisotopic (exact) mass is 1070 g/mol. The minimum atomic E-state index is -4.20. The normalized spacial score (nSPS) is 15.6. The highest BCUT2D eigenvalue weighted by Crippen LogP contribution is 2.50. The number of β-lactam (4-membered cyclic amide) rings is 1. The number of halogens is 1. The lowest BCUT2D eigenvalue weighted by Gasteiger charge is -2.49.